The summed E-state index contributed by atoms with van der Waals surface area (Å²) in [5.74, 6) is 1.27. The average molecular weight is 838 g/mol. The number of piperidine rings is 1. The Morgan fingerprint density at radius 1 is 0.964 bits per heavy atom. The molecule has 1 aliphatic carbocycles. The number of thiazole rings is 1. The van der Waals surface area contributed by atoms with Gasteiger partial charge in [-0.3, -0.25) is 9.20 Å². The molecule has 0 bridgehead atoms. The van der Waals surface area contributed by atoms with Crippen molar-refractivity contribution in [1.82, 2.24) is 29.2 Å². The first-order chi connectivity index (χ1) is 27.0. The molecular formula is C45H53BrN6O3S. The van der Waals surface area contributed by atoms with E-state index < -0.39 is 5.60 Å². The van der Waals surface area contributed by atoms with Gasteiger partial charge in [-0.2, -0.15) is 4.98 Å². The van der Waals surface area contributed by atoms with Crippen molar-refractivity contribution in [2.24, 2.45) is 0 Å². The number of carbonyl (C=O) groups excluding carboxylic acids is 1. The predicted molar refractivity (Wildman–Crippen MR) is 231 cm³/mol. The molecule has 1 amide bonds. The Morgan fingerprint density at radius 3 is 2.45 bits per heavy atom. The molecule has 1 atom stereocenters. The van der Waals surface area contributed by atoms with Gasteiger partial charge in [0.2, 0.25) is 5.78 Å². The van der Waals surface area contributed by atoms with E-state index >= 15 is 0 Å². The number of hydrogen-bond acceptors (Lipinski definition) is 7. The van der Waals surface area contributed by atoms with Gasteiger partial charge < -0.3 is 19.5 Å². The van der Waals surface area contributed by atoms with E-state index in [1.54, 1.807) is 11.3 Å². The maximum absolute atomic E-state index is 13.3. The molecular weight excluding hydrogens is 785 g/mol. The largest absolute Gasteiger partial charge is 0.444 e. The van der Waals surface area contributed by atoms with E-state index in [2.05, 4.69) is 82.6 Å². The highest BCUT2D eigenvalue weighted by Crippen LogP contribution is 2.38. The Kier molecular flexibility index (Phi) is 11.4. The first kappa shape index (κ1) is 38.8. The van der Waals surface area contributed by atoms with Crippen molar-refractivity contribution in [3.05, 3.63) is 97.8 Å². The van der Waals surface area contributed by atoms with Crippen molar-refractivity contribution in [3.8, 4) is 10.4 Å². The van der Waals surface area contributed by atoms with Crippen LogP contribution >= 0.6 is 27.3 Å². The van der Waals surface area contributed by atoms with Gasteiger partial charge in [0, 0.05) is 10.5 Å². The average Bonchev–Trinajstić information content (AvgIpc) is 3.93. The first-order valence-corrected chi connectivity index (χ1v) is 22.1. The minimum atomic E-state index is -0.551. The van der Waals surface area contributed by atoms with Crippen LogP contribution in [0.25, 0.3) is 38.2 Å². The van der Waals surface area contributed by atoms with Gasteiger partial charge in [0.1, 0.15) is 5.60 Å². The van der Waals surface area contributed by atoms with Crippen LogP contribution in [-0.2, 0) is 4.74 Å². The second-order valence-electron chi connectivity index (χ2n) is 16.8. The molecule has 2 fully saturated rings. The van der Waals surface area contributed by atoms with Crippen molar-refractivity contribution in [2.75, 3.05) is 19.6 Å². The molecule has 0 radical (unpaired) electrons. The van der Waals surface area contributed by atoms with Crippen LogP contribution < -0.4 is 10.9 Å². The summed E-state index contributed by atoms with van der Waals surface area (Å²) >= 11 is 5.27. The Balaban J connectivity index is 0.898. The fourth-order valence-electron chi connectivity index (χ4n) is 8.99. The van der Waals surface area contributed by atoms with E-state index in [0.717, 1.165) is 109 Å². The highest BCUT2D eigenvalue weighted by atomic mass is 79.9. The first-order valence-electron chi connectivity index (χ1n) is 20.4. The molecule has 56 heavy (non-hydrogen) atoms. The summed E-state index contributed by atoms with van der Waals surface area (Å²) in [5.41, 5.74) is 9.06. The summed E-state index contributed by atoms with van der Waals surface area (Å²) in [5, 5.41) is 3.80. The van der Waals surface area contributed by atoms with Crippen LogP contribution in [0.1, 0.15) is 120 Å². The van der Waals surface area contributed by atoms with E-state index in [1.807, 2.05) is 51.4 Å². The van der Waals surface area contributed by atoms with Gasteiger partial charge >= 0.3 is 6.09 Å². The maximum Gasteiger partial charge on any atom is 0.408 e. The Bertz CT molecular complexity index is 2400. The van der Waals surface area contributed by atoms with Crippen molar-refractivity contribution in [3.63, 3.8) is 0 Å². The lowest BCUT2D eigenvalue weighted by Gasteiger charge is -2.32. The third-order valence-corrected chi connectivity index (χ3v) is 13.4. The number of unbranched alkanes of at least 4 members (excludes halogenated alkanes) is 2. The van der Waals surface area contributed by atoms with E-state index in [4.69, 9.17) is 9.72 Å². The summed E-state index contributed by atoms with van der Waals surface area (Å²) < 4.78 is 11.0. The van der Waals surface area contributed by atoms with Crippen LogP contribution in [0.2, 0.25) is 0 Å². The summed E-state index contributed by atoms with van der Waals surface area (Å²) in [4.78, 5) is 39.1. The zero-order valence-corrected chi connectivity index (χ0v) is 35.4. The number of carbonyl (C=O) groups is 1. The molecule has 8 rings (SSSR count). The third-order valence-electron chi connectivity index (χ3n) is 11.8. The summed E-state index contributed by atoms with van der Waals surface area (Å²) in [6.07, 6.45) is 10.7. The smallest absolute Gasteiger partial charge is 0.408 e. The van der Waals surface area contributed by atoms with Crippen LogP contribution in [0.3, 0.4) is 0 Å². The van der Waals surface area contributed by atoms with E-state index in [-0.39, 0.29) is 17.7 Å². The van der Waals surface area contributed by atoms with Gasteiger partial charge in [0.05, 0.1) is 44.1 Å². The van der Waals surface area contributed by atoms with Crippen molar-refractivity contribution < 1.29 is 9.53 Å². The standard InChI is InChI=1S/C45H53BrN6O3S/c1-29-41(56-28-47-29)32-18-16-31(17-19-32)36(48-44(54)55-45(2,3)4)14-6-5-9-24-50-25-22-30(23-26-50)33-20-21-37-39(27-33)51(34-11-7-8-12-34)43-49-42(53)40-35(46)13-10-15-38(40)52(37)43/h10,13,15-21,27-28,30,34,36H,5-9,11-12,14,22-26H2,1-4H3,(H,48,54)/t36-/m0/s1. The molecule has 1 saturated carbocycles. The van der Waals surface area contributed by atoms with E-state index in [9.17, 15) is 9.59 Å². The SMILES string of the molecule is Cc1ncsc1-c1ccc([C@H](CCCCCN2CCC(c3ccc4c(c3)n(C3CCCC3)c3nc(=O)c5c(Br)cccc5n43)CC2)NC(=O)OC(C)(C)C)cc1. The van der Waals surface area contributed by atoms with Crippen LogP contribution in [-0.4, -0.2) is 55.2 Å². The fraction of sp³-hybridized carbons (Fsp3) is 0.467. The number of likely N-dealkylation sites (tertiary alicyclic amines) is 1. The second kappa shape index (κ2) is 16.4. The number of rotatable bonds is 11. The van der Waals surface area contributed by atoms with Crippen LogP contribution in [0.4, 0.5) is 4.79 Å². The number of amides is 1. The molecule has 9 nitrogen and oxygen atoms in total. The predicted octanol–water partition coefficient (Wildman–Crippen LogP) is 11.1. The minimum absolute atomic E-state index is 0.112. The molecule has 3 aromatic heterocycles. The quantitative estimate of drug-likeness (QED) is 0.131. The number of aromatic nitrogens is 4. The lowest BCUT2D eigenvalue weighted by atomic mass is 9.89. The molecule has 1 saturated heterocycles. The van der Waals surface area contributed by atoms with E-state index in [0.29, 0.717) is 17.3 Å². The molecule has 294 valence electrons. The lowest BCUT2D eigenvalue weighted by molar-refractivity contribution is 0.0500. The number of halogens is 1. The Morgan fingerprint density at radius 2 is 1.73 bits per heavy atom. The van der Waals surface area contributed by atoms with Gasteiger partial charge in [-0.15, -0.1) is 11.3 Å². The zero-order chi connectivity index (χ0) is 39.0. The molecule has 4 heterocycles. The van der Waals surface area contributed by atoms with Gasteiger partial charge in [0.25, 0.3) is 5.56 Å². The van der Waals surface area contributed by atoms with Crippen LogP contribution in [0.15, 0.2) is 75.4 Å². The highest BCUT2D eigenvalue weighted by Gasteiger charge is 2.27. The molecule has 11 heteroatoms. The molecule has 3 aromatic carbocycles. The number of nitrogens with zero attached hydrogens (tertiary/aromatic N) is 5. The number of benzene rings is 3. The van der Waals surface area contributed by atoms with Gasteiger partial charge in [0.15, 0.2) is 0 Å². The molecule has 6 aromatic rings. The summed E-state index contributed by atoms with van der Waals surface area (Å²) in [6, 6.07) is 21.7. The molecule has 1 aliphatic heterocycles. The summed E-state index contributed by atoms with van der Waals surface area (Å²) in [7, 11) is 0. The van der Waals surface area contributed by atoms with E-state index in [1.165, 1.54) is 28.8 Å². The fourth-order valence-corrected chi connectivity index (χ4v) is 10.3. The monoisotopic (exact) mass is 836 g/mol. The molecule has 0 unspecified atom stereocenters. The normalized spacial score (nSPS) is 16.7. The topological polar surface area (TPSA) is 93.8 Å². The van der Waals surface area contributed by atoms with Crippen molar-refractivity contribution >= 4 is 61.1 Å². The second-order valence-corrected chi connectivity index (χ2v) is 18.5. The van der Waals surface area contributed by atoms with Crippen LogP contribution in [0.5, 0.6) is 0 Å². The zero-order valence-electron chi connectivity index (χ0n) is 33.0. The highest BCUT2D eigenvalue weighted by molar-refractivity contribution is 9.10. The van der Waals surface area contributed by atoms with Crippen molar-refractivity contribution in [2.45, 2.75) is 116 Å². The number of nitrogens with one attached hydrogen (secondary N) is 1. The number of ether oxygens (including phenoxy) is 1. The van der Waals surface area contributed by atoms with Gasteiger partial charge in [-0.05, 0) is 149 Å². The van der Waals surface area contributed by atoms with Gasteiger partial charge in [-0.1, -0.05) is 62.1 Å². The molecule has 1 N–H and O–H groups in total. The third kappa shape index (κ3) is 8.18. The van der Waals surface area contributed by atoms with Crippen LogP contribution in [0, 0.1) is 6.92 Å². The van der Waals surface area contributed by atoms with Gasteiger partial charge in [-0.25, -0.2) is 9.78 Å². The molecule has 0 spiro atoms. The molecule has 2 aliphatic rings. The number of imidazole rings is 1. The lowest BCUT2D eigenvalue weighted by Crippen LogP contribution is -2.35. The number of alkyl carbamates (subject to hydrolysis) is 1. The van der Waals surface area contributed by atoms with Crippen molar-refractivity contribution in [1.29, 1.82) is 0 Å². The Hall–Kier alpha value is -4.06. The number of hydrogen-bond donors (Lipinski definition) is 1. The number of aryl methyl sites for hydroxylation is 1. The Labute approximate surface area is 341 Å². The minimum Gasteiger partial charge on any atom is -0.444 e. The maximum atomic E-state index is 13.3. The number of fused-ring (bicyclic) bond motifs is 5. The summed E-state index contributed by atoms with van der Waals surface area (Å²) in [6.45, 7) is 11.0.